The largest absolute Gasteiger partial charge is 0.507 e. The average Bonchev–Trinajstić information content (AvgIpc) is 3.08. The van der Waals surface area contributed by atoms with Crippen LogP contribution < -0.4 is 20.9 Å². The van der Waals surface area contributed by atoms with Gasteiger partial charge in [-0.2, -0.15) is 0 Å². The minimum Gasteiger partial charge on any atom is -0.507 e. The third-order valence-electron chi connectivity index (χ3n) is 4.23. The van der Waals surface area contributed by atoms with E-state index in [1.165, 1.54) is 0 Å². The van der Waals surface area contributed by atoms with Crippen molar-refractivity contribution in [2.24, 2.45) is 0 Å². The molecular formula is C18H21N3O3. The molecule has 6 nitrogen and oxygen atoms in total. The second-order valence-corrected chi connectivity index (χ2v) is 5.83. The lowest BCUT2D eigenvalue weighted by Crippen LogP contribution is -2.39. The molecule has 2 atom stereocenters. The van der Waals surface area contributed by atoms with Crippen LogP contribution >= 0.6 is 0 Å². The zero-order valence-corrected chi connectivity index (χ0v) is 13.7. The van der Waals surface area contributed by atoms with Crippen molar-refractivity contribution in [3.63, 3.8) is 0 Å². The van der Waals surface area contributed by atoms with Crippen LogP contribution in [0.4, 0.5) is 5.69 Å². The third-order valence-corrected chi connectivity index (χ3v) is 4.23. The Balaban J connectivity index is 1.69. The highest BCUT2D eigenvalue weighted by molar-refractivity contribution is 5.96. The number of phenols is 1. The summed E-state index contributed by atoms with van der Waals surface area (Å²) in [5, 5.41) is 13.1. The van der Waals surface area contributed by atoms with E-state index in [1.54, 1.807) is 19.2 Å². The number of aromatic hydroxyl groups is 1. The van der Waals surface area contributed by atoms with E-state index >= 15 is 0 Å². The van der Waals surface area contributed by atoms with Gasteiger partial charge in [0, 0.05) is 5.56 Å². The van der Waals surface area contributed by atoms with E-state index in [-0.39, 0.29) is 17.7 Å². The number of carbonyl (C=O) groups is 1. The van der Waals surface area contributed by atoms with Gasteiger partial charge in [-0.05, 0) is 31.0 Å². The number of para-hydroxylation sites is 3. The molecule has 2 aromatic carbocycles. The average molecular weight is 327 g/mol. The van der Waals surface area contributed by atoms with E-state index in [2.05, 4.69) is 16.2 Å². The highest BCUT2D eigenvalue weighted by atomic mass is 16.5. The molecule has 0 saturated carbocycles. The van der Waals surface area contributed by atoms with Crippen molar-refractivity contribution >= 4 is 11.6 Å². The fourth-order valence-corrected chi connectivity index (χ4v) is 2.86. The number of hydrogen-bond donors (Lipinski definition) is 4. The second-order valence-electron chi connectivity index (χ2n) is 5.83. The highest BCUT2D eigenvalue weighted by Crippen LogP contribution is 2.32. The number of carbonyl (C=O) groups excluding carboxylic acids is 1. The van der Waals surface area contributed by atoms with Crippen molar-refractivity contribution in [3.05, 3.63) is 53.6 Å². The quantitative estimate of drug-likeness (QED) is 0.692. The summed E-state index contributed by atoms with van der Waals surface area (Å²) >= 11 is 0. The minimum absolute atomic E-state index is 0.127. The van der Waals surface area contributed by atoms with Crippen molar-refractivity contribution in [2.45, 2.75) is 25.4 Å². The Morgan fingerprint density at radius 3 is 2.79 bits per heavy atom. The lowest BCUT2D eigenvalue weighted by Gasteiger charge is -2.14. The van der Waals surface area contributed by atoms with Crippen LogP contribution in [0.15, 0.2) is 42.5 Å². The molecule has 6 heteroatoms. The van der Waals surface area contributed by atoms with Crippen LogP contribution in [0.2, 0.25) is 0 Å². The molecule has 1 heterocycles. The molecule has 1 amide bonds. The van der Waals surface area contributed by atoms with Crippen LogP contribution in [0, 0.1) is 6.92 Å². The van der Waals surface area contributed by atoms with Gasteiger partial charge in [-0.25, -0.2) is 10.9 Å². The first-order valence-electron chi connectivity index (χ1n) is 7.83. The lowest BCUT2D eigenvalue weighted by atomic mass is 9.99. The number of nitrogens with one attached hydrogen (secondary N) is 3. The predicted octanol–water partition coefficient (Wildman–Crippen LogP) is 2.26. The Bertz CT molecular complexity index is 748. The Labute approximate surface area is 140 Å². The monoisotopic (exact) mass is 327 g/mol. The maximum absolute atomic E-state index is 12.5. The number of hydrogen-bond acceptors (Lipinski definition) is 5. The smallest absolute Gasteiger partial charge is 0.243 e. The molecule has 0 spiro atoms. The molecule has 0 aromatic heterocycles. The minimum atomic E-state index is -0.403. The third kappa shape index (κ3) is 3.20. The van der Waals surface area contributed by atoms with E-state index < -0.39 is 6.04 Å². The number of phenolic OH excluding ortho intramolecular Hbond substituents is 1. The number of benzene rings is 2. The number of rotatable bonds is 4. The molecule has 126 valence electrons. The topological polar surface area (TPSA) is 82.6 Å². The standard InChI is InChI=1S/C18H21N3O3/c1-11-6-5-7-12(17(11)22)14-10-15(21-20-14)18(23)19-13-8-3-4-9-16(13)24-2/h3-9,14-15,20-22H,10H2,1-2H3,(H,19,23). The molecule has 1 aliphatic heterocycles. The fourth-order valence-electron chi connectivity index (χ4n) is 2.86. The van der Waals surface area contributed by atoms with Gasteiger partial charge in [-0.15, -0.1) is 0 Å². The van der Waals surface area contributed by atoms with Crippen LogP contribution in [0.1, 0.15) is 23.6 Å². The maximum atomic E-state index is 12.5. The molecule has 0 bridgehead atoms. The first kappa shape index (κ1) is 16.3. The zero-order chi connectivity index (χ0) is 17.1. The molecule has 2 unspecified atom stereocenters. The van der Waals surface area contributed by atoms with Crippen molar-refractivity contribution in [3.8, 4) is 11.5 Å². The summed E-state index contributed by atoms with van der Waals surface area (Å²) < 4.78 is 5.24. The van der Waals surface area contributed by atoms with Gasteiger partial charge in [0.25, 0.3) is 0 Å². The van der Waals surface area contributed by atoms with Crippen molar-refractivity contribution in [1.29, 1.82) is 0 Å². The van der Waals surface area contributed by atoms with E-state index in [1.807, 2.05) is 37.3 Å². The van der Waals surface area contributed by atoms with Crippen molar-refractivity contribution in [2.75, 3.05) is 12.4 Å². The fraction of sp³-hybridized carbons (Fsp3) is 0.278. The highest BCUT2D eigenvalue weighted by Gasteiger charge is 2.31. The van der Waals surface area contributed by atoms with E-state index in [0.29, 0.717) is 17.9 Å². The molecule has 1 saturated heterocycles. The second kappa shape index (κ2) is 6.90. The summed E-state index contributed by atoms with van der Waals surface area (Å²) in [5.74, 6) is 0.730. The summed E-state index contributed by atoms with van der Waals surface area (Å²) in [6, 6.07) is 12.4. The molecule has 1 aliphatic rings. The molecule has 4 N–H and O–H groups in total. The maximum Gasteiger partial charge on any atom is 0.243 e. The van der Waals surface area contributed by atoms with Gasteiger partial charge in [0.15, 0.2) is 0 Å². The Hall–Kier alpha value is -2.57. The van der Waals surface area contributed by atoms with Gasteiger partial charge < -0.3 is 15.2 Å². The number of ether oxygens (including phenoxy) is 1. The molecule has 2 aromatic rings. The summed E-state index contributed by atoms with van der Waals surface area (Å²) in [6.45, 7) is 1.85. The summed E-state index contributed by atoms with van der Waals surface area (Å²) in [7, 11) is 1.57. The number of hydrazine groups is 1. The summed E-state index contributed by atoms with van der Waals surface area (Å²) in [6.07, 6.45) is 0.540. The van der Waals surface area contributed by atoms with Gasteiger partial charge >= 0.3 is 0 Å². The molecule has 1 fully saturated rings. The normalized spacial score (nSPS) is 19.9. The molecule has 24 heavy (non-hydrogen) atoms. The molecule has 0 radical (unpaired) electrons. The number of methoxy groups -OCH3 is 1. The summed E-state index contributed by atoms with van der Waals surface area (Å²) in [5.41, 5.74) is 8.32. The summed E-state index contributed by atoms with van der Waals surface area (Å²) in [4.78, 5) is 12.5. The van der Waals surface area contributed by atoms with E-state index in [4.69, 9.17) is 4.74 Å². The Morgan fingerprint density at radius 1 is 1.21 bits per heavy atom. The van der Waals surface area contributed by atoms with Crippen molar-refractivity contribution < 1.29 is 14.6 Å². The van der Waals surface area contributed by atoms with Crippen LogP contribution in [0.25, 0.3) is 0 Å². The molecular weight excluding hydrogens is 306 g/mol. The van der Waals surface area contributed by atoms with Crippen LogP contribution in [0.5, 0.6) is 11.5 Å². The van der Waals surface area contributed by atoms with Gasteiger partial charge in [-0.3, -0.25) is 4.79 Å². The first-order chi connectivity index (χ1) is 11.6. The Kier molecular flexibility index (Phi) is 4.69. The van der Waals surface area contributed by atoms with Gasteiger partial charge in [0.1, 0.15) is 17.5 Å². The van der Waals surface area contributed by atoms with Gasteiger partial charge in [-0.1, -0.05) is 30.3 Å². The van der Waals surface area contributed by atoms with Crippen LogP contribution in [0.3, 0.4) is 0 Å². The van der Waals surface area contributed by atoms with Gasteiger partial charge in [0.05, 0.1) is 18.8 Å². The molecule has 0 aliphatic carbocycles. The molecule has 3 rings (SSSR count). The lowest BCUT2D eigenvalue weighted by molar-refractivity contribution is -0.117. The van der Waals surface area contributed by atoms with E-state index in [0.717, 1.165) is 11.1 Å². The number of amides is 1. The zero-order valence-electron chi connectivity index (χ0n) is 13.7. The van der Waals surface area contributed by atoms with Crippen LogP contribution in [-0.2, 0) is 4.79 Å². The van der Waals surface area contributed by atoms with Crippen LogP contribution in [-0.4, -0.2) is 24.2 Å². The van der Waals surface area contributed by atoms with E-state index in [9.17, 15) is 9.90 Å². The SMILES string of the molecule is COc1ccccc1NC(=O)C1CC(c2cccc(C)c2O)NN1. The first-order valence-corrected chi connectivity index (χ1v) is 7.83. The van der Waals surface area contributed by atoms with Gasteiger partial charge in [0.2, 0.25) is 5.91 Å². The Morgan fingerprint density at radius 2 is 2.00 bits per heavy atom. The number of aryl methyl sites for hydroxylation is 1. The number of anilines is 1. The predicted molar refractivity (Wildman–Crippen MR) is 91.9 cm³/mol. The van der Waals surface area contributed by atoms with Crippen molar-refractivity contribution in [1.82, 2.24) is 10.9 Å².